The van der Waals surface area contributed by atoms with Gasteiger partial charge in [-0.05, 0) is 62.7 Å². The number of piperidine rings is 1. The third kappa shape index (κ3) is 10.3. The quantitative estimate of drug-likeness (QED) is 0.154. The van der Waals surface area contributed by atoms with E-state index in [4.69, 9.17) is 23.7 Å². The van der Waals surface area contributed by atoms with E-state index in [2.05, 4.69) is 5.32 Å². The van der Waals surface area contributed by atoms with Gasteiger partial charge in [-0.3, -0.25) is 9.59 Å². The summed E-state index contributed by atoms with van der Waals surface area (Å²) in [5, 5.41) is 2.90. The van der Waals surface area contributed by atoms with Crippen molar-refractivity contribution < 1.29 is 38.1 Å². The first-order chi connectivity index (χ1) is 21.5. The molecule has 3 aromatic carbocycles. The lowest BCUT2D eigenvalue weighted by atomic mass is 10.1. The highest BCUT2D eigenvalue weighted by Crippen LogP contribution is 2.29. The first kappa shape index (κ1) is 32.9. The summed E-state index contributed by atoms with van der Waals surface area (Å²) < 4.78 is 28.2. The smallest absolute Gasteiger partial charge is 0.410 e. The molecular formula is C35H40N2O8. The normalized spacial score (nSPS) is 13.7. The van der Waals surface area contributed by atoms with Crippen LogP contribution in [0, 0.1) is 0 Å². The van der Waals surface area contributed by atoms with Crippen LogP contribution in [-0.4, -0.2) is 54.8 Å². The largest absolute Gasteiger partial charge is 0.493 e. The number of likely N-dealkylation sites (tertiary alicyclic amines) is 1. The standard InChI is InChI=1S/C35H40N2O8/c1-24(38)43-32-21-25(13-15-31(32)41-5)14-16-33(39)36-30-12-7-6-9-26(30)23-42-28-10-8-11-29(22-28)44-27-17-19-37(20-18-27)34(40)45-35(2,3)4/h6-16,21-22,27H,17-20,23H2,1-5H3,(H,36,39)/b16-14+. The molecule has 0 bridgehead atoms. The van der Waals surface area contributed by atoms with Gasteiger partial charge in [0.1, 0.15) is 29.8 Å². The highest BCUT2D eigenvalue weighted by Gasteiger charge is 2.27. The number of carbonyl (C=O) groups excluding carboxylic acids is 3. The minimum Gasteiger partial charge on any atom is -0.493 e. The van der Waals surface area contributed by atoms with Crippen molar-refractivity contribution in [2.45, 2.75) is 58.8 Å². The highest BCUT2D eigenvalue weighted by atomic mass is 16.6. The summed E-state index contributed by atoms with van der Waals surface area (Å²) in [6.07, 6.45) is 4.11. The molecule has 1 heterocycles. The second kappa shape index (κ2) is 15.1. The van der Waals surface area contributed by atoms with Gasteiger partial charge in [0.25, 0.3) is 0 Å². The molecule has 2 amide bonds. The summed E-state index contributed by atoms with van der Waals surface area (Å²) in [7, 11) is 1.48. The Morgan fingerprint density at radius 2 is 1.67 bits per heavy atom. The molecule has 238 valence electrons. The number of benzene rings is 3. The summed E-state index contributed by atoms with van der Waals surface area (Å²) in [5.41, 5.74) is 1.55. The number of para-hydroxylation sites is 1. The lowest BCUT2D eigenvalue weighted by Crippen LogP contribution is -2.44. The number of rotatable bonds is 10. The Labute approximate surface area is 263 Å². The van der Waals surface area contributed by atoms with Gasteiger partial charge in [0, 0.05) is 56.2 Å². The van der Waals surface area contributed by atoms with Crippen molar-refractivity contribution in [3.8, 4) is 23.0 Å². The Kier molecular flexibility index (Phi) is 11.1. The molecule has 0 atom stereocenters. The zero-order valence-electron chi connectivity index (χ0n) is 26.3. The van der Waals surface area contributed by atoms with E-state index in [1.54, 1.807) is 35.2 Å². The van der Waals surface area contributed by atoms with Crippen molar-refractivity contribution in [3.05, 3.63) is 83.9 Å². The predicted molar refractivity (Wildman–Crippen MR) is 171 cm³/mol. The topological polar surface area (TPSA) is 113 Å². The second-order valence-electron chi connectivity index (χ2n) is 11.5. The first-order valence-corrected chi connectivity index (χ1v) is 14.8. The molecule has 45 heavy (non-hydrogen) atoms. The van der Waals surface area contributed by atoms with Gasteiger partial charge in [-0.15, -0.1) is 0 Å². The maximum atomic E-state index is 12.8. The van der Waals surface area contributed by atoms with Crippen LogP contribution in [0.15, 0.2) is 72.8 Å². The molecule has 1 N–H and O–H groups in total. The van der Waals surface area contributed by atoms with Gasteiger partial charge < -0.3 is 33.9 Å². The molecule has 10 heteroatoms. The molecule has 4 rings (SSSR count). The minimum absolute atomic E-state index is 0.0194. The maximum Gasteiger partial charge on any atom is 0.410 e. The number of ether oxygens (including phenoxy) is 5. The number of nitrogens with zero attached hydrogens (tertiary/aromatic N) is 1. The van der Waals surface area contributed by atoms with Crippen molar-refractivity contribution in [2.75, 3.05) is 25.5 Å². The molecule has 1 fully saturated rings. The second-order valence-corrected chi connectivity index (χ2v) is 11.5. The lowest BCUT2D eigenvalue weighted by molar-refractivity contribution is -0.132. The van der Waals surface area contributed by atoms with E-state index in [0.29, 0.717) is 54.4 Å². The van der Waals surface area contributed by atoms with E-state index >= 15 is 0 Å². The number of carbonyl (C=O) groups is 3. The van der Waals surface area contributed by atoms with Gasteiger partial charge in [-0.25, -0.2) is 4.79 Å². The van der Waals surface area contributed by atoms with Crippen LogP contribution in [0.5, 0.6) is 23.0 Å². The number of methoxy groups -OCH3 is 1. The minimum atomic E-state index is -0.523. The number of amides is 2. The van der Waals surface area contributed by atoms with E-state index in [0.717, 1.165) is 5.56 Å². The van der Waals surface area contributed by atoms with Crippen LogP contribution in [0.2, 0.25) is 0 Å². The molecule has 0 aromatic heterocycles. The summed E-state index contributed by atoms with van der Waals surface area (Å²) in [4.78, 5) is 38.2. The molecular weight excluding hydrogens is 576 g/mol. The molecule has 0 radical (unpaired) electrons. The molecule has 0 saturated carbocycles. The molecule has 10 nitrogen and oxygen atoms in total. The summed E-state index contributed by atoms with van der Waals surface area (Å²) in [6, 6.07) is 19.9. The Balaban J connectivity index is 1.31. The zero-order chi connectivity index (χ0) is 32.4. The maximum absolute atomic E-state index is 12.8. The van der Waals surface area contributed by atoms with Crippen LogP contribution in [0.25, 0.3) is 6.08 Å². The number of nitrogens with one attached hydrogen (secondary N) is 1. The van der Waals surface area contributed by atoms with Gasteiger partial charge in [0.05, 0.1) is 7.11 Å². The van der Waals surface area contributed by atoms with E-state index in [-0.39, 0.29) is 30.5 Å². The zero-order valence-corrected chi connectivity index (χ0v) is 26.3. The Bertz CT molecular complexity index is 1520. The first-order valence-electron chi connectivity index (χ1n) is 14.8. The summed E-state index contributed by atoms with van der Waals surface area (Å²) in [5.74, 6) is 1.20. The van der Waals surface area contributed by atoms with E-state index in [1.807, 2.05) is 63.2 Å². The predicted octanol–water partition coefficient (Wildman–Crippen LogP) is 6.63. The monoisotopic (exact) mass is 616 g/mol. The number of hydrogen-bond donors (Lipinski definition) is 1. The van der Waals surface area contributed by atoms with E-state index < -0.39 is 11.6 Å². The average molecular weight is 617 g/mol. The van der Waals surface area contributed by atoms with E-state index in [9.17, 15) is 14.4 Å². The Hall–Kier alpha value is -4.99. The van der Waals surface area contributed by atoms with Crippen molar-refractivity contribution in [3.63, 3.8) is 0 Å². The molecule has 1 aliphatic rings. The van der Waals surface area contributed by atoms with Crippen LogP contribution >= 0.6 is 0 Å². The van der Waals surface area contributed by atoms with Crippen molar-refractivity contribution in [1.29, 1.82) is 0 Å². The Morgan fingerprint density at radius 3 is 2.38 bits per heavy atom. The van der Waals surface area contributed by atoms with Gasteiger partial charge in [0.2, 0.25) is 5.91 Å². The van der Waals surface area contributed by atoms with Crippen LogP contribution in [0.4, 0.5) is 10.5 Å². The Morgan fingerprint density at radius 1 is 0.933 bits per heavy atom. The van der Waals surface area contributed by atoms with Gasteiger partial charge in [0.15, 0.2) is 11.5 Å². The third-order valence-corrected chi connectivity index (χ3v) is 6.74. The molecule has 0 spiro atoms. The number of hydrogen-bond acceptors (Lipinski definition) is 8. The van der Waals surface area contributed by atoms with Gasteiger partial charge in [-0.1, -0.05) is 30.3 Å². The number of anilines is 1. The fraction of sp³-hybridized carbons (Fsp3) is 0.343. The van der Waals surface area contributed by atoms with Gasteiger partial charge >= 0.3 is 12.1 Å². The molecule has 1 aliphatic heterocycles. The molecule has 0 aliphatic carbocycles. The fourth-order valence-electron chi connectivity index (χ4n) is 4.62. The van der Waals surface area contributed by atoms with Crippen LogP contribution in [0.1, 0.15) is 51.7 Å². The summed E-state index contributed by atoms with van der Waals surface area (Å²) >= 11 is 0. The van der Waals surface area contributed by atoms with E-state index in [1.165, 1.54) is 20.1 Å². The van der Waals surface area contributed by atoms with Crippen LogP contribution in [0.3, 0.4) is 0 Å². The molecule has 1 saturated heterocycles. The SMILES string of the molecule is COc1ccc(/C=C/C(=O)Nc2ccccc2COc2cccc(OC3CCN(C(=O)OC(C)(C)C)CC3)c2)cc1OC(C)=O. The third-order valence-electron chi connectivity index (χ3n) is 6.74. The van der Waals surface area contributed by atoms with Crippen LogP contribution in [-0.2, 0) is 20.9 Å². The highest BCUT2D eigenvalue weighted by molar-refractivity contribution is 6.02. The van der Waals surface area contributed by atoms with Crippen molar-refractivity contribution in [2.24, 2.45) is 0 Å². The number of esters is 1. The van der Waals surface area contributed by atoms with Crippen molar-refractivity contribution >= 4 is 29.7 Å². The average Bonchev–Trinajstić information content (AvgIpc) is 2.99. The summed E-state index contributed by atoms with van der Waals surface area (Å²) in [6.45, 7) is 8.25. The van der Waals surface area contributed by atoms with Crippen LogP contribution < -0.4 is 24.3 Å². The fourth-order valence-corrected chi connectivity index (χ4v) is 4.62. The van der Waals surface area contributed by atoms with Crippen molar-refractivity contribution in [1.82, 2.24) is 4.90 Å². The molecule has 0 unspecified atom stereocenters. The lowest BCUT2D eigenvalue weighted by Gasteiger charge is -2.33. The van der Waals surface area contributed by atoms with Gasteiger partial charge in [-0.2, -0.15) is 0 Å². The molecule has 3 aromatic rings.